The second-order valence-corrected chi connectivity index (χ2v) is 9.54. The molecule has 35 heavy (non-hydrogen) atoms. The minimum Gasteiger partial charge on any atom is -0.505 e. The number of ketones is 1. The third-order valence-electron chi connectivity index (χ3n) is 6.41. The quantitative estimate of drug-likeness (QED) is 0.225. The van der Waals surface area contributed by atoms with Crippen LogP contribution in [0.25, 0.3) is 11.4 Å². The van der Waals surface area contributed by atoms with E-state index in [0.29, 0.717) is 36.5 Å². The molecule has 0 radical (unpaired) electrons. The third kappa shape index (κ3) is 4.05. The van der Waals surface area contributed by atoms with Crippen LogP contribution < -0.4 is 0 Å². The monoisotopic (exact) mass is 533 g/mol. The Morgan fingerprint density at radius 2 is 1.86 bits per heavy atom. The van der Waals surface area contributed by atoms with Crippen LogP contribution in [0.15, 0.2) is 71.4 Å². The Morgan fingerprint density at radius 3 is 2.54 bits per heavy atom. The molecular weight excluding hydrogens is 510 g/mol. The van der Waals surface area contributed by atoms with Gasteiger partial charge in [0, 0.05) is 36.2 Å². The smallest absolute Gasteiger partial charge is 0.295 e. The van der Waals surface area contributed by atoms with Crippen LogP contribution in [0.3, 0.4) is 0 Å². The molecule has 1 fully saturated rings. The second-order valence-electron chi connectivity index (χ2n) is 8.63. The zero-order valence-corrected chi connectivity index (χ0v) is 20.9. The Kier molecular flexibility index (Phi) is 6.02. The summed E-state index contributed by atoms with van der Waals surface area (Å²) in [5, 5.41) is 11.4. The first-order valence-electron chi connectivity index (χ1n) is 11.3. The highest BCUT2D eigenvalue weighted by atomic mass is 79.9. The molecule has 8 nitrogen and oxygen atoms in total. The van der Waals surface area contributed by atoms with Gasteiger partial charge in [0.2, 0.25) is 0 Å². The van der Waals surface area contributed by atoms with Crippen LogP contribution in [-0.4, -0.2) is 47.2 Å². The van der Waals surface area contributed by atoms with Gasteiger partial charge < -0.3 is 19.0 Å². The topological polar surface area (TPSA) is 92.7 Å². The minimum atomic E-state index is -0.712. The molecule has 178 valence electrons. The molecule has 0 bridgehead atoms. The van der Waals surface area contributed by atoms with Crippen molar-refractivity contribution in [1.82, 2.24) is 23.8 Å². The highest BCUT2D eigenvalue weighted by molar-refractivity contribution is 9.10. The van der Waals surface area contributed by atoms with Crippen molar-refractivity contribution in [3.05, 3.63) is 93.9 Å². The SMILES string of the molecule is Cc1cccn2c(C)c(C(O)=C3C(=O)C(=O)N(CCCn4ccnc4)C3c3ccc(Br)cc3)nc12. The molecule has 1 atom stereocenters. The van der Waals surface area contributed by atoms with Crippen molar-refractivity contribution in [1.29, 1.82) is 0 Å². The summed E-state index contributed by atoms with van der Waals surface area (Å²) in [5.41, 5.74) is 3.44. The maximum absolute atomic E-state index is 13.3. The molecule has 0 aliphatic carbocycles. The number of nitrogens with zero attached hydrogens (tertiary/aromatic N) is 5. The van der Waals surface area contributed by atoms with Crippen LogP contribution in [0.4, 0.5) is 0 Å². The minimum absolute atomic E-state index is 0.0594. The first kappa shape index (κ1) is 23.0. The lowest BCUT2D eigenvalue weighted by atomic mass is 9.96. The number of carbonyl (C=O) groups excluding carboxylic acids is 2. The van der Waals surface area contributed by atoms with Gasteiger partial charge >= 0.3 is 0 Å². The standard InChI is InChI=1S/C26H24BrN5O3/c1-16-5-3-12-31-17(2)21(29-25(16)31)23(33)20-22(18-6-8-19(27)9-7-18)32(26(35)24(20)34)13-4-11-30-14-10-28-15-30/h3,5-10,12,14-15,22,33H,4,11,13H2,1-2H3. The molecule has 1 aliphatic heterocycles. The first-order chi connectivity index (χ1) is 16.9. The van der Waals surface area contributed by atoms with Gasteiger partial charge in [-0.2, -0.15) is 0 Å². The molecule has 1 aliphatic rings. The molecule has 1 N–H and O–H groups in total. The number of amides is 1. The molecule has 4 aromatic rings. The average molecular weight is 534 g/mol. The van der Waals surface area contributed by atoms with Gasteiger partial charge in [-0.05, 0) is 49.6 Å². The van der Waals surface area contributed by atoms with Crippen LogP contribution in [-0.2, 0) is 16.1 Å². The fourth-order valence-corrected chi connectivity index (χ4v) is 4.88. The van der Waals surface area contributed by atoms with Crippen LogP contribution in [0, 0.1) is 13.8 Å². The fourth-order valence-electron chi connectivity index (χ4n) is 4.62. The van der Waals surface area contributed by atoms with E-state index in [-0.39, 0.29) is 11.3 Å². The van der Waals surface area contributed by atoms with Crippen molar-refractivity contribution in [3.8, 4) is 0 Å². The van der Waals surface area contributed by atoms with Gasteiger partial charge in [0.1, 0.15) is 11.3 Å². The summed E-state index contributed by atoms with van der Waals surface area (Å²) in [6.45, 7) is 4.78. The summed E-state index contributed by atoms with van der Waals surface area (Å²) in [5.74, 6) is -1.58. The van der Waals surface area contributed by atoms with E-state index in [2.05, 4.69) is 25.9 Å². The van der Waals surface area contributed by atoms with Gasteiger partial charge in [-0.3, -0.25) is 9.59 Å². The van der Waals surface area contributed by atoms with Crippen LogP contribution in [0.5, 0.6) is 0 Å². The van der Waals surface area contributed by atoms with E-state index in [1.165, 1.54) is 0 Å². The van der Waals surface area contributed by atoms with E-state index < -0.39 is 17.7 Å². The van der Waals surface area contributed by atoms with E-state index >= 15 is 0 Å². The highest BCUT2D eigenvalue weighted by Crippen LogP contribution is 2.40. The number of aliphatic hydroxyl groups is 1. The van der Waals surface area contributed by atoms with Crippen molar-refractivity contribution < 1.29 is 14.7 Å². The van der Waals surface area contributed by atoms with Gasteiger partial charge in [0.25, 0.3) is 11.7 Å². The molecule has 9 heteroatoms. The van der Waals surface area contributed by atoms with Gasteiger partial charge in [-0.25, -0.2) is 9.97 Å². The Morgan fingerprint density at radius 1 is 1.09 bits per heavy atom. The number of benzene rings is 1. The van der Waals surface area contributed by atoms with Gasteiger partial charge in [0.05, 0.1) is 23.6 Å². The first-order valence-corrected chi connectivity index (χ1v) is 12.1. The van der Waals surface area contributed by atoms with Crippen molar-refractivity contribution >= 4 is 39.0 Å². The number of Topliss-reactive ketones (excluding diaryl/α,β-unsaturated/α-hetero) is 1. The van der Waals surface area contributed by atoms with Crippen molar-refractivity contribution in [3.63, 3.8) is 0 Å². The summed E-state index contributed by atoms with van der Waals surface area (Å²) in [6.07, 6.45) is 7.77. The zero-order valence-electron chi connectivity index (χ0n) is 19.3. The van der Waals surface area contributed by atoms with E-state index in [9.17, 15) is 14.7 Å². The van der Waals surface area contributed by atoms with Crippen molar-refractivity contribution in [2.24, 2.45) is 0 Å². The second kappa shape index (κ2) is 9.14. The van der Waals surface area contributed by atoms with E-state index in [4.69, 9.17) is 0 Å². The fraction of sp³-hybridized carbons (Fsp3) is 0.231. The maximum Gasteiger partial charge on any atom is 0.295 e. The number of fused-ring (bicyclic) bond motifs is 1. The Bertz CT molecular complexity index is 1450. The van der Waals surface area contributed by atoms with Gasteiger partial charge in [-0.1, -0.05) is 34.1 Å². The molecule has 3 aromatic heterocycles. The molecule has 5 rings (SSSR count). The number of likely N-dealkylation sites (tertiary alicyclic amines) is 1. The normalized spacial score (nSPS) is 17.6. The predicted molar refractivity (Wildman–Crippen MR) is 135 cm³/mol. The molecular formula is C26H24BrN5O3. The van der Waals surface area contributed by atoms with E-state index in [0.717, 1.165) is 15.6 Å². The Labute approximate surface area is 210 Å². The summed E-state index contributed by atoms with van der Waals surface area (Å²) in [7, 11) is 0. The molecule has 1 unspecified atom stereocenters. The predicted octanol–water partition coefficient (Wildman–Crippen LogP) is 4.42. The summed E-state index contributed by atoms with van der Waals surface area (Å²) >= 11 is 3.44. The molecule has 0 spiro atoms. The maximum atomic E-state index is 13.3. The highest BCUT2D eigenvalue weighted by Gasteiger charge is 2.46. The number of rotatable bonds is 6. The molecule has 4 heterocycles. The third-order valence-corrected chi connectivity index (χ3v) is 6.94. The van der Waals surface area contributed by atoms with E-state index in [1.807, 2.05) is 71.6 Å². The molecule has 0 saturated carbocycles. The number of imidazole rings is 2. The van der Waals surface area contributed by atoms with Crippen LogP contribution >= 0.6 is 15.9 Å². The van der Waals surface area contributed by atoms with E-state index in [1.54, 1.807) is 17.4 Å². The molecule has 1 saturated heterocycles. The number of pyridine rings is 1. The number of hydrogen-bond donors (Lipinski definition) is 1. The number of carbonyl (C=O) groups is 2. The Balaban J connectivity index is 1.60. The molecule has 1 aromatic carbocycles. The van der Waals surface area contributed by atoms with Gasteiger partial charge in [-0.15, -0.1) is 0 Å². The summed E-state index contributed by atoms with van der Waals surface area (Å²) in [6, 6.07) is 10.6. The van der Waals surface area contributed by atoms with Crippen LogP contribution in [0.2, 0.25) is 0 Å². The number of aromatic nitrogens is 4. The summed E-state index contributed by atoms with van der Waals surface area (Å²) in [4.78, 5) is 36.7. The Hall–Kier alpha value is -3.72. The number of aryl methyl sites for hydroxylation is 3. The van der Waals surface area contributed by atoms with Gasteiger partial charge in [0.15, 0.2) is 5.76 Å². The lowest BCUT2D eigenvalue weighted by molar-refractivity contribution is -0.139. The van der Waals surface area contributed by atoms with Crippen molar-refractivity contribution in [2.45, 2.75) is 32.9 Å². The lowest BCUT2D eigenvalue weighted by Crippen LogP contribution is -2.31. The average Bonchev–Trinajstić information content (AvgIpc) is 3.54. The number of aliphatic hydroxyl groups excluding tert-OH is 1. The lowest BCUT2D eigenvalue weighted by Gasteiger charge is -2.25. The molecule has 1 amide bonds. The van der Waals surface area contributed by atoms with Crippen LogP contribution in [0.1, 0.15) is 35.0 Å². The summed E-state index contributed by atoms with van der Waals surface area (Å²) < 4.78 is 4.68. The zero-order chi connectivity index (χ0) is 24.7. The van der Waals surface area contributed by atoms with Crippen molar-refractivity contribution in [2.75, 3.05) is 6.54 Å². The number of halogens is 1. The largest absolute Gasteiger partial charge is 0.505 e. The number of hydrogen-bond acceptors (Lipinski definition) is 5.